The molecule has 1 heterocycles. The predicted molar refractivity (Wildman–Crippen MR) is 82.1 cm³/mol. The monoisotopic (exact) mass is 324 g/mol. The molecule has 1 amide bonds. The SMILES string of the molecule is CCC1(CC)CCN(C(=O)c2cc(N)ccc2Br)C1. The first-order valence-electron chi connectivity index (χ1n) is 6.85. The highest BCUT2D eigenvalue weighted by molar-refractivity contribution is 9.10. The zero-order valence-electron chi connectivity index (χ0n) is 11.6. The van der Waals surface area contributed by atoms with Gasteiger partial charge in [-0.2, -0.15) is 0 Å². The molecule has 1 aromatic carbocycles. The molecule has 0 spiro atoms. The summed E-state index contributed by atoms with van der Waals surface area (Å²) in [6.45, 7) is 6.14. The summed E-state index contributed by atoms with van der Waals surface area (Å²) >= 11 is 3.44. The van der Waals surface area contributed by atoms with E-state index >= 15 is 0 Å². The van der Waals surface area contributed by atoms with Gasteiger partial charge in [-0.25, -0.2) is 0 Å². The molecule has 0 aliphatic carbocycles. The van der Waals surface area contributed by atoms with Crippen LogP contribution in [0.1, 0.15) is 43.5 Å². The summed E-state index contributed by atoms with van der Waals surface area (Å²) in [4.78, 5) is 14.5. The van der Waals surface area contributed by atoms with Gasteiger partial charge < -0.3 is 10.6 Å². The van der Waals surface area contributed by atoms with Gasteiger partial charge in [-0.3, -0.25) is 4.79 Å². The fourth-order valence-electron chi connectivity index (χ4n) is 2.81. The molecule has 1 fully saturated rings. The minimum Gasteiger partial charge on any atom is -0.399 e. The Balaban J connectivity index is 2.20. The molecular formula is C15H21BrN2O. The maximum absolute atomic E-state index is 12.6. The van der Waals surface area contributed by atoms with Crippen molar-refractivity contribution >= 4 is 27.5 Å². The Bertz CT molecular complexity index is 483. The molecule has 1 saturated heterocycles. The molecule has 4 heteroatoms. The Hall–Kier alpha value is -1.03. The van der Waals surface area contributed by atoms with Crippen LogP contribution >= 0.6 is 15.9 Å². The number of rotatable bonds is 3. The van der Waals surface area contributed by atoms with Crippen molar-refractivity contribution in [3.05, 3.63) is 28.2 Å². The summed E-state index contributed by atoms with van der Waals surface area (Å²) < 4.78 is 0.817. The highest BCUT2D eigenvalue weighted by Gasteiger charge is 2.37. The Labute approximate surface area is 123 Å². The molecule has 3 nitrogen and oxygen atoms in total. The molecule has 2 N–H and O–H groups in total. The van der Waals surface area contributed by atoms with E-state index < -0.39 is 0 Å². The molecule has 104 valence electrons. The molecule has 0 bridgehead atoms. The van der Waals surface area contributed by atoms with E-state index in [9.17, 15) is 4.79 Å². The molecule has 2 rings (SSSR count). The molecule has 19 heavy (non-hydrogen) atoms. The third-order valence-corrected chi connectivity index (χ3v) is 5.14. The lowest BCUT2D eigenvalue weighted by Gasteiger charge is -2.26. The zero-order valence-corrected chi connectivity index (χ0v) is 13.2. The van der Waals surface area contributed by atoms with Crippen LogP contribution < -0.4 is 5.73 Å². The highest BCUT2D eigenvalue weighted by Crippen LogP contribution is 2.38. The average molecular weight is 325 g/mol. The molecular weight excluding hydrogens is 304 g/mol. The molecule has 0 unspecified atom stereocenters. The van der Waals surface area contributed by atoms with E-state index in [0.29, 0.717) is 16.7 Å². The van der Waals surface area contributed by atoms with Crippen LogP contribution in [0.5, 0.6) is 0 Å². The largest absolute Gasteiger partial charge is 0.399 e. The molecule has 0 atom stereocenters. The van der Waals surface area contributed by atoms with Crippen LogP contribution in [0, 0.1) is 5.41 Å². The number of nitrogens with two attached hydrogens (primary N) is 1. The summed E-state index contributed by atoms with van der Waals surface area (Å²) in [6.07, 6.45) is 3.36. The highest BCUT2D eigenvalue weighted by atomic mass is 79.9. The second-order valence-corrected chi connectivity index (χ2v) is 6.28. The van der Waals surface area contributed by atoms with Gasteiger partial charge >= 0.3 is 0 Å². The number of halogens is 1. The van der Waals surface area contributed by atoms with Crippen molar-refractivity contribution in [1.29, 1.82) is 0 Å². The smallest absolute Gasteiger partial charge is 0.255 e. The minimum absolute atomic E-state index is 0.0861. The number of nitrogens with zero attached hydrogens (tertiary/aromatic N) is 1. The minimum atomic E-state index is 0.0861. The number of hydrogen-bond acceptors (Lipinski definition) is 2. The Kier molecular flexibility index (Phi) is 4.19. The van der Waals surface area contributed by atoms with E-state index in [1.165, 1.54) is 0 Å². The van der Waals surface area contributed by atoms with Gasteiger partial charge in [-0.05, 0) is 58.8 Å². The number of amides is 1. The predicted octanol–water partition coefficient (Wildman–Crippen LogP) is 3.68. The molecule has 0 saturated carbocycles. The third kappa shape index (κ3) is 2.78. The quantitative estimate of drug-likeness (QED) is 0.862. The lowest BCUT2D eigenvalue weighted by molar-refractivity contribution is 0.0769. The van der Waals surface area contributed by atoms with Crippen molar-refractivity contribution in [3.63, 3.8) is 0 Å². The molecule has 0 radical (unpaired) electrons. The first-order chi connectivity index (χ1) is 9.01. The fourth-order valence-corrected chi connectivity index (χ4v) is 3.23. The van der Waals surface area contributed by atoms with E-state index in [-0.39, 0.29) is 5.91 Å². The van der Waals surface area contributed by atoms with Crippen molar-refractivity contribution < 1.29 is 4.79 Å². The van der Waals surface area contributed by atoms with Gasteiger partial charge in [0.2, 0.25) is 0 Å². The molecule has 0 aromatic heterocycles. The maximum Gasteiger partial charge on any atom is 0.255 e. The molecule has 1 aliphatic rings. The van der Waals surface area contributed by atoms with E-state index in [4.69, 9.17) is 5.73 Å². The lowest BCUT2D eigenvalue weighted by Crippen LogP contribution is -2.32. The summed E-state index contributed by atoms with van der Waals surface area (Å²) in [5.41, 5.74) is 7.38. The van der Waals surface area contributed by atoms with Crippen LogP contribution in [0.3, 0.4) is 0 Å². The van der Waals surface area contributed by atoms with Crippen molar-refractivity contribution in [1.82, 2.24) is 4.90 Å². The van der Waals surface area contributed by atoms with Crippen LogP contribution in [-0.2, 0) is 0 Å². The van der Waals surface area contributed by atoms with Gasteiger partial charge in [-0.1, -0.05) is 13.8 Å². The van der Waals surface area contributed by atoms with Gasteiger partial charge in [0.1, 0.15) is 0 Å². The number of nitrogen functional groups attached to an aromatic ring is 1. The van der Waals surface area contributed by atoms with Crippen molar-refractivity contribution in [2.24, 2.45) is 5.41 Å². The van der Waals surface area contributed by atoms with Crippen LogP contribution in [-0.4, -0.2) is 23.9 Å². The normalized spacial score (nSPS) is 17.7. The number of hydrogen-bond donors (Lipinski definition) is 1. The topological polar surface area (TPSA) is 46.3 Å². The first kappa shape index (κ1) is 14.4. The lowest BCUT2D eigenvalue weighted by atomic mass is 9.82. The van der Waals surface area contributed by atoms with Gasteiger partial charge in [0, 0.05) is 23.2 Å². The summed E-state index contributed by atoms with van der Waals surface area (Å²) in [7, 11) is 0. The first-order valence-corrected chi connectivity index (χ1v) is 7.65. The van der Waals surface area contributed by atoms with Gasteiger partial charge in [0.15, 0.2) is 0 Å². The summed E-state index contributed by atoms with van der Waals surface area (Å²) in [6, 6.07) is 5.39. The summed E-state index contributed by atoms with van der Waals surface area (Å²) in [5.74, 6) is 0.0861. The number of benzene rings is 1. The van der Waals surface area contributed by atoms with Crippen molar-refractivity contribution in [2.45, 2.75) is 33.1 Å². The summed E-state index contributed by atoms with van der Waals surface area (Å²) in [5, 5.41) is 0. The number of carbonyl (C=O) groups excluding carboxylic acids is 1. The van der Waals surface area contributed by atoms with E-state index in [1.54, 1.807) is 12.1 Å². The van der Waals surface area contributed by atoms with E-state index in [2.05, 4.69) is 29.8 Å². The number of likely N-dealkylation sites (tertiary alicyclic amines) is 1. The molecule has 1 aliphatic heterocycles. The van der Waals surface area contributed by atoms with Crippen LogP contribution in [0.25, 0.3) is 0 Å². The van der Waals surface area contributed by atoms with E-state index in [0.717, 1.165) is 36.8 Å². The van der Waals surface area contributed by atoms with Gasteiger partial charge in [0.05, 0.1) is 5.56 Å². The maximum atomic E-state index is 12.6. The standard InChI is InChI=1S/C15H21BrN2O/c1-3-15(4-2)7-8-18(10-15)14(19)12-9-11(17)5-6-13(12)16/h5-6,9H,3-4,7-8,10,17H2,1-2H3. The van der Waals surface area contributed by atoms with Crippen molar-refractivity contribution in [2.75, 3.05) is 18.8 Å². The van der Waals surface area contributed by atoms with Crippen molar-refractivity contribution in [3.8, 4) is 0 Å². The van der Waals surface area contributed by atoms with Crippen LogP contribution in [0.15, 0.2) is 22.7 Å². The Morgan fingerprint density at radius 3 is 2.68 bits per heavy atom. The van der Waals surface area contributed by atoms with E-state index in [1.807, 2.05) is 11.0 Å². The van der Waals surface area contributed by atoms with Gasteiger partial charge in [-0.15, -0.1) is 0 Å². The average Bonchev–Trinajstić information content (AvgIpc) is 2.86. The second-order valence-electron chi connectivity index (χ2n) is 5.42. The van der Waals surface area contributed by atoms with Crippen LogP contribution in [0.2, 0.25) is 0 Å². The third-order valence-electron chi connectivity index (χ3n) is 4.45. The Morgan fingerprint density at radius 1 is 1.42 bits per heavy atom. The van der Waals surface area contributed by atoms with Crippen LogP contribution in [0.4, 0.5) is 5.69 Å². The van der Waals surface area contributed by atoms with Gasteiger partial charge in [0.25, 0.3) is 5.91 Å². The number of carbonyl (C=O) groups is 1. The molecule has 1 aromatic rings. The zero-order chi connectivity index (χ0) is 14.0. The second kappa shape index (κ2) is 5.53. The fraction of sp³-hybridized carbons (Fsp3) is 0.533. The number of anilines is 1. The Morgan fingerprint density at radius 2 is 2.11 bits per heavy atom.